The van der Waals surface area contributed by atoms with Gasteiger partial charge in [-0.25, -0.2) is 4.98 Å². The van der Waals surface area contributed by atoms with E-state index in [1.165, 1.54) is 45.3 Å². The van der Waals surface area contributed by atoms with Crippen molar-refractivity contribution in [3.8, 4) is 0 Å². The molecule has 1 saturated heterocycles. The number of hydrogen-bond acceptors (Lipinski definition) is 3. The summed E-state index contributed by atoms with van der Waals surface area (Å²) in [6.45, 7) is 4.80. The highest BCUT2D eigenvalue weighted by Crippen LogP contribution is 2.14. The molecular formula is C14H26N4. The first-order valence-electron chi connectivity index (χ1n) is 7.10. The number of likely N-dealkylation sites (tertiary alicyclic amines) is 1. The molecule has 4 nitrogen and oxygen atoms in total. The van der Waals surface area contributed by atoms with E-state index in [9.17, 15) is 0 Å². The molecule has 0 radical (unpaired) electrons. The van der Waals surface area contributed by atoms with Crippen molar-refractivity contribution >= 4 is 0 Å². The van der Waals surface area contributed by atoms with Gasteiger partial charge in [-0.1, -0.05) is 6.42 Å². The number of hydrogen-bond donors (Lipinski definition) is 0. The second-order valence-corrected chi connectivity index (χ2v) is 5.57. The molecule has 2 rings (SSSR count). The summed E-state index contributed by atoms with van der Waals surface area (Å²) in [6.07, 6.45) is 11.1. The molecule has 1 aromatic heterocycles. The third kappa shape index (κ3) is 4.10. The van der Waals surface area contributed by atoms with Gasteiger partial charge in [0.2, 0.25) is 0 Å². The summed E-state index contributed by atoms with van der Waals surface area (Å²) in [4.78, 5) is 9.10. The van der Waals surface area contributed by atoms with E-state index in [0.29, 0.717) is 0 Å². The molecule has 18 heavy (non-hydrogen) atoms. The summed E-state index contributed by atoms with van der Waals surface area (Å²) >= 11 is 0. The summed E-state index contributed by atoms with van der Waals surface area (Å²) in [7, 11) is 4.42. The molecule has 1 fully saturated rings. The lowest BCUT2D eigenvalue weighted by atomic mass is 10.1. The maximum atomic E-state index is 4.08. The largest absolute Gasteiger partial charge is 0.337 e. The van der Waals surface area contributed by atoms with Crippen molar-refractivity contribution in [3.05, 3.63) is 18.7 Å². The molecule has 1 aromatic rings. The van der Waals surface area contributed by atoms with E-state index in [0.717, 1.165) is 12.6 Å². The van der Waals surface area contributed by atoms with Crippen molar-refractivity contribution in [3.63, 3.8) is 0 Å². The smallest absolute Gasteiger partial charge is 0.0945 e. The number of imidazole rings is 1. The Bertz CT molecular complexity index is 321. The monoisotopic (exact) mass is 250 g/mol. The maximum absolute atomic E-state index is 4.08. The topological polar surface area (TPSA) is 24.3 Å². The molecule has 0 saturated carbocycles. The first-order chi connectivity index (χ1) is 8.75. The summed E-state index contributed by atoms with van der Waals surface area (Å²) in [5, 5.41) is 0. The van der Waals surface area contributed by atoms with Crippen LogP contribution in [0.25, 0.3) is 0 Å². The van der Waals surface area contributed by atoms with Crippen molar-refractivity contribution in [1.29, 1.82) is 0 Å². The Hall–Kier alpha value is -0.870. The number of aryl methyl sites for hydroxylation is 1. The van der Waals surface area contributed by atoms with Gasteiger partial charge in [-0.05, 0) is 46.4 Å². The first kappa shape index (κ1) is 13.6. The SMILES string of the molecule is CN(C)C1CCCCN(CCCn2ccnc2)C1. The van der Waals surface area contributed by atoms with Crippen LogP contribution in [0.15, 0.2) is 18.7 Å². The highest BCUT2D eigenvalue weighted by molar-refractivity contribution is 4.77. The first-order valence-corrected chi connectivity index (χ1v) is 7.10. The minimum Gasteiger partial charge on any atom is -0.337 e. The minimum absolute atomic E-state index is 0.737. The van der Waals surface area contributed by atoms with Crippen LogP contribution < -0.4 is 0 Å². The van der Waals surface area contributed by atoms with E-state index >= 15 is 0 Å². The van der Waals surface area contributed by atoms with Crippen LogP contribution in [0, 0.1) is 0 Å². The van der Waals surface area contributed by atoms with Gasteiger partial charge in [0.05, 0.1) is 6.33 Å². The quantitative estimate of drug-likeness (QED) is 0.795. The van der Waals surface area contributed by atoms with Crippen LogP contribution in [0.1, 0.15) is 25.7 Å². The average Bonchev–Trinajstić information content (AvgIpc) is 2.73. The van der Waals surface area contributed by atoms with Gasteiger partial charge in [0.1, 0.15) is 0 Å². The predicted octanol–water partition coefficient (Wildman–Crippen LogP) is 1.69. The fourth-order valence-electron chi connectivity index (χ4n) is 2.72. The Kier molecular flexibility index (Phi) is 5.20. The van der Waals surface area contributed by atoms with Gasteiger partial charge in [0.15, 0.2) is 0 Å². The zero-order chi connectivity index (χ0) is 12.8. The number of likely N-dealkylation sites (N-methyl/N-ethyl adjacent to an activating group) is 1. The van der Waals surface area contributed by atoms with Crippen LogP contribution in [-0.4, -0.2) is 59.1 Å². The summed E-state index contributed by atoms with van der Waals surface area (Å²) in [6, 6.07) is 0.737. The second kappa shape index (κ2) is 6.90. The van der Waals surface area contributed by atoms with E-state index in [-0.39, 0.29) is 0 Å². The van der Waals surface area contributed by atoms with Gasteiger partial charge in [-0.2, -0.15) is 0 Å². The van der Waals surface area contributed by atoms with Crippen LogP contribution in [0.3, 0.4) is 0 Å². The zero-order valence-electron chi connectivity index (χ0n) is 11.8. The molecule has 0 spiro atoms. The highest BCUT2D eigenvalue weighted by Gasteiger charge is 2.18. The number of rotatable bonds is 5. The van der Waals surface area contributed by atoms with E-state index < -0.39 is 0 Å². The lowest BCUT2D eigenvalue weighted by Crippen LogP contribution is -2.39. The van der Waals surface area contributed by atoms with Crippen LogP contribution in [0.5, 0.6) is 0 Å². The molecule has 102 valence electrons. The lowest BCUT2D eigenvalue weighted by molar-refractivity contribution is 0.193. The molecule has 2 heterocycles. The standard InChI is InChI=1S/C14H26N4/c1-16(2)14-6-3-4-8-17(12-14)9-5-10-18-11-7-15-13-18/h7,11,13-14H,3-6,8-10,12H2,1-2H3. The molecule has 0 aromatic carbocycles. The fourth-order valence-corrected chi connectivity index (χ4v) is 2.72. The number of nitrogens with zero attached hydrogens (tertiary/aromatic N) is 4. The van der Waals surface area contributed by atoms with Crippen LogP contribution >= 0.6 is 0 Å². The Morgan fingerprint density at radius 1 is 1.28 bits per heavy atom. The van der Waals surface area contributed by atoms with Gasteiger partial charge in [-0.15, -0.1) is 0 Å². The Morgan fingerprint density at radius 2 is 2.17 bits per heavy atom. The van der Waals surface area contributed by atoms with Crippen molar-refractivity contribution in [2.75, 3.05) is 33.7 Å². The minimum atomic E-state index is 0.737. The van der Waals surface area contributed by atoms with E-state index in [1.807, 2.05) is 18.7 Å². The summed E-state index contributed by atoms with van der Waals surface area (Å²) in [5.74, 6) is 0. The van der Waals surface area contributed by atoms with Crippen LogP contribution in [0.2, 0.25) is 0 Å². The Morgan fingerprint density at radius 3 is 2.89 bits per heavy atom. The molecular weight excluding hydrogens is 224 g/mol. The summed E-state index contributed by atoms with van der Waals surface area (Å²) < 4.78 is 2.17. The van der Waals surface area contributed by atoms with Gasteiger partial charge in [-0.3, -0.25) is 0 Å². The fraction of sp³-hybridized carbons (Fsp3) is 0.786. The lowest BCUT2D eigenvalue weighted by Gasteiger charge is -2.28. The Labute approximate surface area is 111 Å². The predicted molar refractivity (Wildman–Crippen MR) is 74.6 cm³/mol. The van der Waals surface area contributed by atoms with Crippen LogP contribution in [-0.2, 0) is 6.54 Å². The molecule has 0 N–H and O–H groups in total. The van der Waals surface area contributed by atoms with Gasteiger partial charge in [0.25, 0.3) is 0 Å². The third-order valence-corrected chi connectivity index (χ3v) is 3.91. The van der Waals surface area contributed by atoms with Gasteiger partial charge < -0.3 is 14.4 Å². The second-order valence-electron chi connectivity index (χ2n) is 5.57. The molecule has 1 atom stereocenters. The van der Waals surface area contributed by atoms with E-state index in [4.69, 9.17) is 0 Å². The molecule has 1 aliphatic heterocycles. The normalized spacial score (nSPS) is 22.3. The molecule has 0 aliphatic carbocycles. The third-order valence-electron chi connectivity index (χ3n) is 3.91. The Balaban J connectivity index is 1.73. The average molecular weight is 250 g/mol. The molecule has 1 aliphatic rings. The zero-order valence-corrected chi connectivity index (χ0v) is 11.8. The molecule has 0 bridgehead atoms. The molecule has 4 heteroatoms. The van der Waals surface area contributed by atoms with Crippen LogP contribution in [0.4, 0.5) is 0 Å². The van der Waals surface area contributed by atoms with E-state index in [1.54, 1.807) is 0 Å². The molecule has 1 unspecified atom stereocenters. The maximum Gasteiger partial charge on any atom is 0.0945 e. The van der Waals surface area contributed by atoms with Crippen molar-refractivity contribution in [2.24, 2.45) is 0 Å². The molecule has 0 amide bonds. The van der Waals surface area contributed by atoms with Crippen molar-refractivity contribution < 1.29 is 0 Å². The van der Waals surface area contributed by atoms with Crippen molar-refractivity contribution in [1.82, 2.24) is 19.4 Å². The van der Waals surface area contributed by atoms with Gasteiger partial charge >= 0.3 is 0 Å². The summed E-state index contributed by atoms with van der Waals surface area (Å²) in [5.41, 5.74) is 0. The highest BCUT2D eigenvalue weighted by atomic mass is 15.2. The van der Waals surface area contributed by atoms with Gasteiger partial charge in [0, 0.05) is 31.5 Å². The van der Waals surface area contributed by atoms with Crippen molar-refractivity contribution in [2.45, 2.75) is 38.3 Å². The van der Waals surface area contributed by atoms with E-state index in [2.05, 4.69) is 33.4 Å². The number of aromatic nitrogens is 2.